The van der Waals surface area contributed by atoms with E-state index in [0.717, 1.165) is 10.8 Å². The molecule has 2 aromatic heterocycles. The zero-order chi connectivity index (χ0) is 18.5. The summed E-state index contributed by atoms with van der Waals surface area (Å²) in [6, 6.07) is 21.0. The molecule has 8 heteroatoms. The molecule has 0 saturated carbocycles. The van der Waals surface area contributed by atoms with Gasteiger partial charge in [0.2, 0.25) is 0 Å². The Bertz CT molecular complexity index is 1030. The van der Waals surface area contributed by atoms with Gasteiger partial charge in [-0.2, -0.15) is 0 Å². The first-order chi connectivity index (χ1) is 12.5. The van der Waals surface area contributed by atoms with Crippen LogP contribution >= 0.6 is 0 Å². The predicted octanol–water partition coefficient (Wildman–Crippen LogP) is -4.80. The Morgan fingerprint density at radius 3 is 1.29 bits per heavy atom. The summed E-state index contributed by atoms with van der Waals surface area (Å²) >= 11 is 0. The van der Waals surface area contributed by atoms with Crippen LogP contribution in [0.1, 0.15) is 21.0 Å². The monoisotopic (exact) mass is 390 g/mol. The molecule has 0 amide bonds. The van der Waals surface area contributed by atoms with Crippen LogP contribution in [-0.2, 0) is 0 Å². The number of carbonyl (C=O) groups excluding carboxylic acids is 2. The van der Waals surface area contributed by atoms with Crippen molar-refractivity contribution in [2.75, 3.05) is 0 Å². The maximum atomic E-state index is 10.5. The first kappa shape index (κ1) is 24.2. The van der Waals surface area contributed by atoms with Gasteiger partial charge >= 0.3 is 59.1 Å². The molecule has 2 heterocycles. The maximum Gasteiger partial charge on any atom is 1.00 e. The summed E-state index contributed by atoms with van der Waals surface area (Å²) in [6.07, 6.45) is 0. The van der Waals surface area contributed by atoms with Crippen molar-refractivity contribution in [3.8, 4) is 0 Å². The van der Waals surface area contributed by atoms with E-state index in [1.54, 1.807) is 24.3 Å². The maximum absolute atomic E-state index is 10.5. The SMILES string of the molecule is O=C([O-])c1ccc2ccccc2n1.O=C([O-])c1ccc2ccccc2n1.[Na+].[Na+]. The summed E-state index contributed by atoms with van der Waals surface area (Å²) < 4.78 is 0. The summed E-state index contributed by atoms with van der Waals surface area (Å²) in [6.45, 7) is 0. The Kier molecular flexibility index (Phi) is 9.75. The molecule has 0 fully saturated rings. The van der Waals surface area contributed by atoms with E-state index in [-0.39, 0.29) is 70.5 Å². The number of hydrogen-bond donors (Lipinski definition) is 0. The number of hydrogen-bond acceptors (Lipinski definition) is 6. The van der Waals surface area contributed by atoms with Gasteiger partial charge < -0.3 is 19.8 Å². The van der Waals surface area contributed by atoms with Crippen LogP contribution < -0.4 is 69.3 Å². The minimum atomic E-state index is -1.24. The van der Waals surface area contributed by atoms with Crippen molar-refractivity contribution in [2.45, 2.75) is 0 Å². The zero-order valence-electron chi connectivity index (χ0n) is 15.5. The number of benzene rings is 2. The van der Waals surface area contributed by atoms with E-state index in [1.165, 1.54) is 12.1 Å². The minimum Gasteiger partial charge on any atom is -0.543 e. The van der Waals surface area contributed by atoms with Crippen molar-refractivity contribution in [1.29, 1.82) is 0 Å². The number of pyridine rings is 2. The molecule has 0 unspecified atom stereocenters. The summed E-state index contributed by atoms with van der Waals surface area (Å²) in [5.74, 6) is -2.49. The number of fused-ring (bicyclic) bond motifs is 2. The largest absolute Gasteiger partial charge is 1.00 e. The predicted molar refractivity (Wildman–Crippen MR) is 92.1 cm³/mol. The number of carboxylic acids is 2. The number of carboxylic acid groups (broad SMARTS) is 2. The fourth-order valence-electron chi connectivity index (χ4n) is 2.36. The number of aromatic carboxylic acids is 2. The summed E-state index contributed by atoms with van der Waals surface area (Å²) in [5, 5.41) is 22.8. The number of para-hydroxylation sites is 2. The Morgan fingerprint density at radius 2 is 0.929 bits per heavy atom. The van der Waals surface area contributed by atoms with Crippen molar-refractivity contribution in [2.24, 2.45) is 0 Å². The van der Waals surface area contributed by atoms with E-state index in [0.29, 0.717) is 11.0 Å². The molecule has 0 bridgehead atoms. The van der Waals surface area contributed by atoms with Crippen LogP contribution in [0.2, 0.25) is 0 Å². The normalized spacial score (nSPS) is 9.43. The minimum absolute atomic E-state index is 0. The van der Waals surface area contributed by atoms with E-state index >= 15 is 0 Å². The fraction of sp³-hybridized carbons (Fsp3) is 0. The fourth-order valence-corrected chi connectivity index (χ4v) is 2.36. The third-order valence-electron chi connectivity index (χ3n) is 3.62. The van der Waals surface area contributed by atoms with Crippen LogP contribution in [0.25, 0.3) is 21.8 Å². The number of rotatable bonds is 2. The molecular weight excluding hydrogens is 378 g/mol. The molecule has 2 aromatic carbocycles. The Hall–Kier alpha value is -1.80. The summed E-state index contributed by atoms with van der Waals surface area (Å²) in [4.78, 5) is 28.8. The molecule has 6 nitrogen and oxygen atoms in total. The standard InChI is InChI=1S/2C10H7NO2.2Na/c2*12-10(13)9-6-5-7-3-1-2-4-8(7)11-9;;/h2*1-6H,(H,12,13);;/q;;2*+1/p-2. The molecule has 0 spiro atoms. The van der Waals surface area contributed by atoms with E-state index in [9.17, 15) is 19.8 Å². The van der Waals surface area contributed by atoms with Crippen LogP contribution in [0.15, 0.2) is 72.8 Å². The Labute approximate surface area is 205 Å². The van der Waals surface area contributed by atoms with Gasteiger partial charge in [0.15, 0.2) is 0 Å². The van der Waals surface area contributed by atoms with Crippen molar-refractivity contribution in [3.05, 3.63) is 84.2 Å². The molecule has 0 aliphatic carbocycles. The second-order valence-electron chi connectivity index (χ2n) is 5.35. The third-order valence-corrected chi connectivity index (χ3v) is 3.62. The van der Waals surface area contributed by atoms with Gasteiger partial charge in [0.1, 0.15) is 0 Å². The van der Waals surface area contributed by atoms with Gasteiger partial charge in [-0.15, -0.1) is 0 Å². The topological polar surface area (TPSA) is 106 Å². The van der Waals surface area contributed by atoms with Crippen molar-refractivity contribution >= 4 is 33.7 Å². The molecule has 28 heavy (non-hydrogen) atoms. The number of carbonyl (C=O) groups is 2. The Morgan fingerprint density at radius 1 is 0.571 bits per heavy atom. The van der Waals surface area contributed by atoms with Crippen LogP contribution in [0.3, 0.4) is 0 Å². The van der Waals surface area contributed by atoms with Crippen LogP contribution in [0.5, 0.6) is 0 Å². The smallest absolute Gasteiger partial charge is 0.543 e. The second-order valence-corrected chi connectivity index (χ2v) is 5.35. The first-order valence-electron chi connectivity index (χ1n) is 7.69. The summed E-state index contributed by atoms with van der Waals surface area (Å²) in [5.41, 5.74) is 1.28. The van der Waals surface area contributed by atoms with Crippen LogP contribution in [0, 0.1) is 0 Å². The average Bonchev–Trinajstić information content (AvgIpc) is 2.67. The molecule has 128 valence electrons. The van der Waals surface area contributed by atoms with Crippen molar-refractivity contribution in [3.63, 3.8) is 0 Å². The molecule has 4 aromatic rings. The third kappa shape index (κ3) is 6.10. The van der Waals surface area contributed by atoms with Crippen molar-refractivity contribution < 1.29 is 78.9 Å². The molecule has 0 radical (unpaired) electrons. The van der Waals surface area contributed by atoms with Gasteiger partial charge in [-0.25, -0.2) is 9.97 Å². The van der Waals surface area contributed by atoms with Gasteiger partial charge in [-0.3, -0.25) is 0 Å². The van der Waals surface area contributed by atoms with E-state index < -0.39 is 11.9 Å². The first-order valence-corrected chi connectivity index (χ1v) is 7.69. The number of aromatic nitrogens is 2. The van der Waals surface area contributed by atoms with E-state index in [4.69, 9.17) is 0 Å². The van der Waals surface area contributed by atoms with Gasteiger partial charge in [0, 0.05) is 10.8 Å². The van der Waals surface area contributed by atoms with E-state index in [1.807, 2.05) is 36.4 Å². The molecule has 0 atom stereocenters. The quantitative estimate of drug-likeness (QED) is 0.318. The van der Waals surface area contributed by atoms with Crippen LogP contribution in [0.4, 0.5) is 0 Å². The zero-order valence-corrected chi connectivity index (χ0v) is 19.5. The van der Waals surface area contributed by atoms with Crippen molar-refractivity contribution in [1.82, 2.24) is 9.97 Å². The molecule has 0 aliphatic rings. The summed E-state index contributed by atoms with van der Waals surface area (Å²) in [7, 11) is 0. The van der Waals surface area contributed by atoms with Gasteiger partial charge in [-0.1, -0.05) is 48.5 Å². The molecule has 0 aliphatic heterocycles. The van der Waals surface area contributed by atoms with Gasteiger partial charge in [-0.05, 0) is 24.3 Å². The van der Waals surface area contributed by atoms with E-state index in [2.05, 4.69) is 9.97 Å². The number of nitrogens with zero attached hydrogens (tertiary/aromatic N) is 2. The van der Waals surface area contributed by atoms with Gasteiger partial charge in [0.25, 0.3) is 0 Å². The Balaban J connectivity index is 0.000000261. The molecule has 0 N–H and O–H groups in total. The molecule has 0 saturated heterocycles. The average molecular weight is 390 g/mol. The second kappa shape index (κ2) is 11.3. The van der Waals surface area contributed by atoms with Crippen LogP contribution in [-0.4, -0.2) is 21.9 Å². The van der Waals surface area contributed by atoms with Gasteiger partial charge in [0.05, 0.1) is 34.4 Å². The molecule has 4 rings (SSSR count). The molecular formula is C20H12N2Na2O4.